The number of aliphatic hydroxyl groups excluding tert-OH is 2. The molecule has 0 aromatic rings. The van der Waals surface area contributed by atoms with Crippen molar-refractivity contribution in [3.05, 3.63) is 0 Å². The van der Waals surface area contributed by atoms with Crippen LogP contribution in [-0.4, -0.2) is 48.8 Å². The molecule has 4 aliphatic carbocycles. The zero-order chi connectivity index (χ0) is 28.0. The lowest BCUT2D eigenvalue weighted by Crippen LogP contribution is -2.62. The van der Waals surface area contributed by atoms with E-state index in [4.69, 9.17) is 4.74 Å². The van der Waals surface area contributed by atoms with E-state index in [9.17, 15) is 23.4 Å². The van der Waals surface area contributed by atoms with E-state index in [1.165, 1.54) is 39.5 Å². The van der Waals surface area contributed by atoms with Gasteiger partial charge >= 0.3 is 6.09 Å². The fourth-order valence-corrected chi connectivity index (χ4v) is 10.5. The Morgan fingerprint density at radius 3 is 2.32 bits per heavy atom. The average molecular weight is 556 g/mol. The van der Waals surface area contributed by atoms with Crippen molar-refractivity contribution in [2.75, 3.05) is 6.61 Å². The number of carbonyl (C=O) groups is 1. The number of aliphatic hydroxyl groups is 2. The SMILES string of the molecule is CC[C@@H]1C2C[C@H](O)CCC2(C)C2CC[C@@]3(C)C(CCC3[C@H](C)CCCOC(=O)NS(=O)(=O)C(C)C)[C@@H]2[C@@H]1O. The quantitative estimate of drug-likeness (QED) is 0.341. The predicted molar refractivity (Wildman–Crippen MR) is 149 cm³/mol. The van der Waals surface area contributed by atoms with E-state index in [2.05, 4.69) is 27.7 Å². The van der Waals surface area contributed by atoms with Crippen LogP contribution < -0.4 is 4.72 Å². The van der Waals surface area contributed by atoms with Gasteiger partial charge in [0.25, 0.3) is 0 Å². The highest BCUT2D eigenvalue weighted by Gasteiger charge is 2.64. The predicted octanol–water partition coefficient (Wildman–Crippen LogP) is 5.49. The molecule has 38 heavy (non-hydrogen) atoms. The van der Waals surface area contributed by atoms with Crippen LogP contribution in [0.4, 0.5) is 4.79 Å². The molecule has 0 bridgehead atoms. The molecule has 1 amide bonds. The van der Waals surface area contributed by atoms with E-state index < -0.39 is 21.4 Å². The van der Waals surface area contributed by atoms with Crippen molar-refractivity contribution in [2.24, 2.45) is 52.3 Å². The number of ether oxygens (including phenoxy) is 1. The van der Waals surface area contributed by atoms with Gasteiger partial charge in [0.1, 0.15) is 0 Å². The summed E-state index contributed by atoms with van der Waals surface area (Å²) in [4.78, 5) is 11.9. The second kappa shape index (κ2) is 11.2. The minimum absolute atomic E-state index is 0.209. The fourth-order valence-electron chi connectivity index (χ4n) is 9.97. The molecule has 0 heterocycles. The Balaban J connectivity index is 1.39. The Hall–Kier alpha value is -0.860. The maximum Gasteiger partial charge on any atom is 0.420 e. The summed E-state index contributed by atoms with van der Waals surface area (Å²) in [5.74, 6) is 3.17. The number of amides is 1. The van der Waals surface area contributed by atoms with Crippen LogP contribution in [0.3, 0.4) is 0 Å². The van der Waals surface area contributed by atoms with E-state index >= 15 is 0 Å². The molecule has 3 N–H and O–H groups in total. The summed E-state index contributed by atoms with van der Waals surface area (Å²) in [5.41, 5.74) is 0.427. The topological polar surface area (TPSA) is 113 Å². The van der Waals surface area contributed by atoms with Gasteiger partial charge in [-0.2, -0.15) is 0 Å². The van der Waals surface area contributed by atoms with E-state index in [0.717, 1.165) is 32.1 Å². The molecule has 0 aromatic carbocycles. The highest BCUT2D eigenvalue weighted by Crippen LogP contribution is 2.69. The Morgan fingerprint density at radius 2 is 1.66 bits per heavy atom. The first-order valence-corrected chi connectivity index (χ1v) is 16.8. The van der Waals surface area contributed by atoms with Crippen molar-refractivity contribution in [1.82, 2.24) is 4.72 Å². The highest BCUT2D eigenvalue weighted by molar-refractivity contribution is 7.90. The van der Waals surface area contributed by atoms with E-state index in [-0.39, 0.29) is 35.6 Å². The summed E-state index contributed by atoms with van der Waals surface area (Å²) in [7, 11) is -3.68. The number of sulfonamides is 1. The molecule has 220 valence electrons. The molecule has 7 nitrogen and oxygen atoms in total. The van der Waals surface area contributed by atoms with Crippen LogP contribution in [0.1, 0.15) is 106 Å². The Morgan fingerprint density at radius 1 is 1.00 bits per heavy atom. The molecule has 5 unspecified atom stereocenters. The van der Waals surface area contributed by atoms with Gasteiger partial charge in [0.05, 0.1) is 24.1 Å². The summed E-state index contributed by atoms with van der Waals surface area (Å²) in [5, 5.41) is 21.7. The molecule has 0 saturated heterocycles. The van der Waals surface area contributed by atoms with Gasteiger partial charge in [-0.25, -0.2) is 17.9 Å². The monoisotopic (exact) mass is 555 g/mol. The molecule has 4 fully saturated rings. The normalized spacial score (nSPS) is 43.6. The van der Waals surface area contributed by atoms with Gasteiger partial charge in [0.15, 0.2) is 0 Å². The van der Waals surface area contributed by atoms with Gasteiger partial charge in [-0.1, -0.05) is 34.1 Å². The first-order valence-electron chi connectivity index (χ1n) is 15.3. The lowest BCUT2D eigenvalue weighted by molar-refractivity contribution is -0.203. The van der Waals surface area contributed by atoms with Crippen LogP contribution >= 0.6 is 0 Å². The summed E-state index contributed by atoms with van der Waals surface area (Å²) in [6.45, 7) is 12.8. The first-order chi connectivity index (χ1) is 17.8. The van der Waals surface area contributed by atoms with Gasteiger partial charge in [0.2, 0.25) is 10.0 Å². The molecule has 8 heteroatoms. The molecule has 11 atom stereocenters. The molecule has 0 aliphatic heterocycles. The number of carbonyl (C=O) groups excluding carboxylic acids is 1. The zero-order valence-electron chi connectivity index (χ0n) is 24.5. The lowest BCUT2D eigenvalue weighted by Gasteiger charge is -2.64. The third-order valence-electron chi connectivity index (χ3n) is 12.0. The summed E-state index contributed by atoms with van der Waals surface area (Å²) in [6, 6.07) is 0. The second-order valence-electron chi connectivity index (χ2n) is 14.1. The first kappa shape index (κ1) is 30.1. The van der Waals surface area contributed by atoms with Crippen molar-refractivity contribution in [3.63, 3.8) is 0 Å². The van der Waals surface area contributed by atoms with Crippen molar-refractivity contribution in [2.45, 2.75) is 123 Å². The van der Waals surface area contributed by atoms with Crippen LogP contribution in [-0.2, 0) is 14.8 Å². The fraction of sp³-hybridized carbons (Fsp3) is 0.967. The standard InChI is InChI=1S/C30H53NO6S/c1-7-21-25-17-20(32)12-14-30(25,6)24-13-15-29(5)22(10-11-23(29)26(24)27(21)33)19(4)9-8-16-37-28(34)31-38(35,36)18(2)3/h18-27,32-33H,7-17H2,1-6H3,(H,31,34)/t19-,20-,21-,22?,23?,24?,25?,26+,27-,29-,30?/m1/s1. The molecular formula is C30H53NO6S. The molecule has 0 aromatic heterocycles. The third kappa shape index (κ3) is 5.27. The van der Waals surface area contributed by atoms with Gasteiger partial charge in [-0.05, 0) is 124 Å². The molecule has 4 rings (SSSR count). The zero-order valence-corrected chi connectivity index (χ0v) is 25.3. The van der Waals surface area contributed by atoms with Gasteiger partial charge in [-0.3, -0.25) is 0 Å². The van der Waals surface area contributed by atoms with Crippen LogP contribution in [0.2, 0.25) is 0 Å². The van der Waals surface area contributed by atoms with E-state index in [1.54, 1.807) is 0 Å². The maximum absolute atomic E-state index is 11.9. The Bertz CT molecular complexity index is 954. The largest absolute Gasteiger partial charge is 0.449 e. The van der Waals surface area contributed by atoms with Crippen molar-refractivity contribution in [3.8, 4) is 0 Å². The van der Waals surface area contributed by atoms with Gasteiger partial charge < -0.3 is 14.9 Å². The second-order valence-corrected chi connectivity index (χ2v) is 16.3. The van der Waals surface area contributed by atoms with Crippen LogP contribution in [0, 0.1) is 52.3 Å². The molecule has 4 saturated carbocycles. The summed E-state index contributed by atoms with van der Waals surface area (Å²) >= 11 is 0. The minimum Gasteiger partial charge on any atom is -0.449 e. The number of hydrogen-bond acceptors (Lipinski definition) is 6. The van der Waals surface area contributed by atoms with Gasteiger partial charge in [-0.15, -0.1) is 0 Å². The smallest absolute Gasteiger partial charge is 0.420 e. The van der Waals surface area contributed by atoms with Gasteiger partial charge in [0, 0.05) is 0 Å². The Kier molecular flexibility index (Phi) is 8.87. The molecule has 4 aliphatic rings. The van der Waals surface area contributed by atoms with Crippen molar-refractivity contribution < 1.29 is 28.2 Å². The van der Waals surface area contributed by atoms with E-state index in [0.29, 0.717) is 41.9 Å². The van der Waals surface area contributed by atoms with Crippen LogP contribution in [0.15, 0.2) is 0 Å². The van der Waals surface area contributed by atoms with E-state index in [1.807, 2.05) is 4.72 Å². The molecule has 0 radical (unpaired) electrons. The molecule has 0 spiro atoms. The lowest BCUT2D eigenvalue weighted by atomic mass is 9.41. The van der Waals surface area contributed by atoms with Crippen LogP contribution in [0.5, 0.6) is 0 Å². The third-order valence-corrected chi connectivity index (χ3v) is 13.7. The number of fused-ring (bicyclic) bond motifs is 5. The molecular weight excluding hydrogens is 502 g/mol. The number of nitrogens with one attached hydrogen (secondary N) is 1. The highest BCUT2D eigenvalue weighted by atomic mass is 32.2. The van der Waals surface area contributed by atoms with Crippen molar-refractivity contribution >= 4 is 16.1 Å². The maximum atomic E-state index is 11.9. The average Bonchev–Trinajstić information content (AvgIpc) is 3.20. The van der Waals surface area contributed by atoms with Crippen molar-refractivity contribution in [1.29, 1.82) is 0 Å². The minimum atomic E-state index is -3.68. The van der Waals surface area contributed by atoms with Crippen LogP contribution in [0.25, 0.3) is 0 Å². The summed E-state index contributed by atoms with van der Waals surface area (Å²) < 4.78 is 30.9. The summed E-state index contributed by atoms with van der Waals surface area (Å²) in [6.07, 6.45) is 8.80. The number of rotatable bonds is 8. The Labute approximate surface area is 230 Å². The number of hydrogen-bond donors (Lipinski definition) is 3.